The number of ketones is 1. The van der Waals surface area contributed by atoms with Gasteiger partial charge in [0.2, 0.25) is 5.78 Å². The third kappa shape index (κ3) is 5.17. The van der Waals surface area contributed by atoms with Gasteiger partial charge < -0.3 is 24.4 Å². The van der Waals surface area contributed by atoms with Crippen molar-refractivity contribution in [1.82, 2.24) is 4.90 Å². The van der Waals surface area contributed by atoms with Gasteiger partial charge in [0.15, 0.2) is 11.5 Å². The van der Waals surface area contributed by atoms with Gasteiger partial charge in [-0.1, -0.05) is 24.0 Å². The van der Waals surface area contributed by atoms with Gasteiger partial charge in [-0.05, 0) is 49.2 Å². The Balaban J connectivity index is 2.17. The van der Waals surface area contributed by atoms with Crippen molar-refractivity contribution in [3.05, 3.63) is 65.0 Å². The maximum atomic E-state index is 13.4. The van der Waals surface area contributed by atoms with Crippen molar-refractivity contribution in [3.8, 4) is 11.5 Å². The summed E-state index contributed by atoms with van der Waals surface area (Å²) in [4.78, 5) is 28.5. The highest BCUT2D eigenvalue weighted by Crippen LogP contribution is 2.41. The van der Waals surface area contributed by atoms with Crippen LogP contribution in [0.2, 0.25) is 0 Å². The summed E-state index contributed by atoms with van der Waals surface area (Å²) in [5.41, 5.74) is 0.570. The molecule has 1 unspecified atom stereocenters. The second-order valence-electron chi connectivity index (χ2n) is 8.01. The van der Waals surface area contributed by atoms with Gasteiger partial charge in [-0.2, -0.15) is 0 Å². The number of Topliss-reactive ketones (excluding diaryl/α,β-unsaturated/α-hetero) is 1. The van der Waals surface area contributed by atoms with E-state index in [0.29, 0.717) is 36.8 Å². The number of nitrogens with one attached hydrogen (secondary N) is 1. The number of benzene rings is 2. The summed E-state index contributed by atoms with van der Waals surface area (Å²) in [6.45, 7) is 5.41. The van der Waals surface area contributed by atoms with Gasteiger partial charge in [0.25, 0.3) is 5.91 Å². The molecule has 2 aromatic carbocycles. The Morgan fingerprint density at radius 1 is 1.03 bits per heavy atom. The number of carbonyl (C=O) groups excluding carboxylic acids is 2. The van der Waals surface area contributed by atoms with Crippen LogP contribution in [-0.2, 0) is 9.59 Å². The number of halogens is 1. The second-order valence-corrected chi connectivity index (χ2v) is 8.01. The zero-order chi connectivity index (χ0) is 24.1. The minimum atomic E-state index is -0.878. The van der Waals surface area contributed by atoms with Gasteiger partial charge in [-0.3, -0.25) is 9.59 Å². The van der Waals surface area contributed by atoms with Crippen LogP contribution in [0.3, 0.4) is 0 Å². The van der Waals surface area contributed by atoms with Crippen molar-refractivity contribution in [2.75, 3.05) is 40.4 Å². The highest BCUT2D eigenvalue weighted by Gasteiger charge is 2.44. The molecule has 1 N–H and O–H groups in total. The molecule has 7 nitrogen and oxygen atoms in total. The number of quaternary nitrogens is 1. The van der Waals surface area contributed by atoms with Gasteiger partial charge >= 0.3 is 0 Å². The molecule has 0 saturated carbocycles. The zero-order valence-electron chi connectivity index (χ0n) is 19.3. The summed E-state index contributed by atoms with van der Waals surface area (Å²) in [6.07, 6.45) is 0. The number of likely N-dealkylation sites (tertiary alicyclic amines) is 1. The van der Waals surface area contributed by atoms with E-state index in [2.05, 4.69) is 0 Å². The van der Waals surface area contributed by atoms with Crippen molar-refractivity contribution in [3.63, 3.8) is 0 Å². The molecular formula is C25H29FN2O5. The van der Waals surface area contributed by atoms with Crippen molar-refractivity contribution >= 4 is 17.4 Å². The average molecular weight is 457 g/mol. The standard InChI is InChI=1S/C25H29FN2O5/c1-5-32-19-12-9-17(15-20(19)33-6-2)22-21(23(29)16-7-10-18(26)11-8-16)24(30)25(31)28(22)14-13-27(3)4/h7-12,15,22,29H,5-6,13-14H2,1-4H3/b23-21+. The third-order valence-corrected chi connectivity index (χ3v) is 5.37. The summed E-state index contributed by atoms with van der Waals surface area (Å²) < 4.78 is 24.7. The lowest BCUT2D eigenvalue weighted by Gasteiger charge is -2.28. The number of carbonyl (C=O) groups is 2. The Morgan fingerprint density at radius 3 is 2.27 bits per heavy atom. The van der Waals surface area contributed by atoms with Gasteiger partial charge in [0.1, 0.15) is 5.82 Å². The van der Waals surface area contributed by atoms with E-state index in [-0.39, 0.29) is 17.7 Å². The molecule has 3 rings (SSSR count). The minimum absolute atomic E-state index is 0.146. The molecule has 1 fully saturated rings. The number of hydrogen-bond donors (Lipinski definition) is 1. The molecule has 33 heavy (non-hydrogen) atoms. The molecular weight excluding hydrogens is 427 g/mol. The first-order valence-electron chi connectivity index (χ1n) is 11.0. The zero-order valence-corrected chi connectivity index (χ0v) is 19.3. The molecule has 0 aliphatic carbocycles. The predicted molar refractivity (Wildman–Crippen MR) is 119 cm³/mol. The van der Waals surface area contributed by atoms with Gasteiger partial charge in [-0.25, -0.2) is 4.39 Å². The van der Waals surface area contributed by atoms with E-state index in [9.17, 15) is 19.1 Å². The molecule has 1 atom stereocenters. The highest BCUT2D eigenvalue weighted by atomic mass is 19.1. The first-order chi connectivity index (χ1) is 15.8. The second kappa shape index (κ2) is 10.5. The molecule has 1 saturated heterocycles. The van der Waals surface area contributed by atoms with Crippen LogP contribution in [0, 0.1) is 5.82 Å². The molecule has 8 heteroatoms. The molecule has 1 amide bonds. The fraction of sp³-hybridized carbons (Fsp3) is 0.360. The van der Waals surface area contributed by atoms with Crippen LogP contribution in [0.1, 0.15) is 31.0 Å². The van der Waals surface area contributed by atoms with Gasteiger partial charge in [0.05, 0.1) is 46.4 Å². The predicted octanol–water partition coefficient (Wildman–Crippen LogP) is 0.992. The number of hydrogen-bond acceptors (Lipinski definition) is 5. The van der Waals surface area contributed by atoms with Crippen LogP contribution < -0.4 is 19.5 Å². The van der Waals surface area contributed by atoms with Gasteiger partial charge in [0, 0.05) is 5.57 Å². The molecule has 2 aromatic rings. The number of ether oxygens (including phenoxy) is 2. The van der Waals surface area contributed by atoms with E-state index in [1.807, 2.05) is 27.9 Å². The largest absolute Gasteiger partial charge is 0.872 e. The monoisotopic (exact) mass is 456 g/mol. The van der Waals surface area contributed by atoms with E-state index in [1.165, 1.54) is 17.0 Å². The van der Waals surface area contributed by atoms with Crippen LogP contribution >= 0.6 is 0 Å². The molecule has 176 valence electrons. The lowest BCUT2D eigenvalue weighted by Crippen LogP contribution is -3.06. The first kappa shape index (κ1) is 24.3. The summed E-state index contributed by atoms with van der Waals surface area (Å²) in [7, 11) is 3.88. The summed E-state index contributed by atoms with van der Waals surface area (Å²) in [6, 6.07) is 9.22. The van der Waals surface area contributed by atoms with Crippen molar-refractivity contribution in [2.45, 2.75) is 19.9 Å². The molecule has 0 bridgehead atoms. The third-order valence-electron chi connectivity index (χ3n) is 5.37. The van der Waals surface area contributed by atoms with E-state index in [0.717, 1.165) is 17.0 Å². The molecule has 1 heterocycles. The lowest BCUT2D eigenvalue weighted by atomic mass is 9.95. The maximum absolute atomic E-state index is 13.4. The number of amides is 1. The van der Waals surface area contributed by atoms with Crippen LogP contribution in [0.15, 0.2) is 48.0 Å². The van der Waals surface area contributed by atoms with Crippen molar-refractivity contribution in [1.29, 1.82) is 0 Å². The number of nitrogens with zero attached hydrogens (tertiary/aromatic N) is 1. The normalized spacial score (nSPS) is 17.6. The number of likely N-dealkylation sites (N-methyl/N-ethyl adjacent to an activating group) is 1. The highest BCUT2D eigenvalue weighted by molar-refractivity contribution is 6.46. The van der Waals surface area contributed by atoms with Crippen LogP contribution in [0.4, 0.5) is 4.39 Å². The molecule has 1 aliphatic heterocycles. The number of rotatable bonds is 9. The topological polar surface area (TPSA) is 83.3 Å². The van der Waals surface area contributed by atoms with Crippen molar-refractivity contribution in [2.24, 2.45) is 0 Å². The SMILES string of the molecule is CCOc1ccc(C2/C(=C(\[O-])c3ccc(F)cc3)C(=O)C(=O)N2CC[NH+](C)C)cc1OCC. The fourth-order valence-electron chi connectivity index (χ4n) is 3.79. The molecule has 1 aliphatic rings. The fourth-order valence-corrected chi connectivity index (χ4v) is 3.79. The van der Waals surface area contributed by atoms with Crippen molar-refractivity contribution < 1.29 is 33.5 Å². The molecule has 0 aromatic heterocycles. The Labute approximate surface area is 193 Å². The Kier molecular flexibility index (Phi) is 7.71. The first-order valence-corrected chi connectivity index (χ1v) is 11.0. The van der Waals surface area contributed by atoms with E-state index in [4.69, 9.17) is 9.47 Å². The molecule has 0 spiro atoms. The summed E-state index contributed by atoms with van der Waals surface area (Å²) in [5.74, 6) is -1.64. The Morgan fingerprint density at radius 2 is 1.67 bits per heavy atom. The van der Waals surface area contributed by atoms with E-state index in [1.54, 1.807) is 18.2 Å². The Bertz CT molecular complexity index is 1050. The Hall–Kier alpha value is -3.39. The smallest absolute Gasteiger partial charge is 0.295 e. The lowest BCUT2D eigenvalue weighted by molar-refractivity contribution is -0.857. The van der Waals surface area contributed by atoms with Crippen LogP contribution in [0.5, 0.6) is 11.5 Å². The van der Waals surface area contributed by atoms with E-state index < -0.39 is 29.3 Å². The minimum Gasteiger partial charge on any atom is -0.872 e. The van der Waals surface area contributed by atoms with Crippen LogP contribution in [-0.4, -0.2) is 57.0 Å². The summed E-state index contributed by atoms with van der Waals surface area (Å²) in [5, 5.41) is 13.3. The van der Waals surface area contributed by atoms with E-state index >= 15 is 0 Å². The van der Waals surface area contributed by atoms with Gasteiger partial charge in [-0.15, -0.1) is 0 Å². The maximum Gasteiger partial charge on any atom is 0.295 e. The average Bonchev–Trinajstić information content (AvgIpc) is 3.04. The van der Waals surface area contributed by atoms with Crippen LogP contribution in [0.25, 0.3) is 5.76 Å². The summed E-state index contributed by atoms with van der Waals surface area (Å²) >= 11 is 0. The quantitative estimate of drug-likeness (QED) is 0.346. The molecule has 0 radical (unpaired) electrons.